The van der Waals surface area contributed by atoms with E-state index >= 15 is 0 Å². The van der Waals surface area contributed by atoms with Crippen LogP contribution in [0.25, 0.3) is 11.2 Å². The van der Waals surface area contributed by atoms with Crippen LogP contribution in [0.15, 0.2) is 44.7 Å². The summed E-state index contributed by atoms with van der Waals surface area (Å²) in [6, 6.07) is 7.61. The fourth-order valence-corrected chi connectivity index (χ4v) is 2.89. The molecule has 0 unspecified atom stereocenters. The van der Waals surface area contributed by atoms with Gasteiger partial charge in [0.05, 0.1) is 19.0 Å². The number of benzene rings is 1. The second-order valence-corrected chi connectivity index (χ2v) is 6.73. The van der Waals surface area contributed by atoms with E-state index in [4.69, 9.17) is 0 Å². The predicted molar refractivity (Wildman–Crippen MR) is 98.9 cm³/mol. The number of aliphatic hydroxyl groups excluding tert-OH is 1. The molecule has 2 heterocycles. The topological polar surface area (TPSA) is 94.1 Å². The van der Waals surface area contributed by atoms with Crippen molar-refractivity contribution in [1.82, 2.24) is 18.7 Å². The van der Waals surface area contributed by atoms with Crippen molar-refractivity contribution in [2.45, 2.75) is 12.6 Å². The first-order valence-corrected chi connectivity index (χ1v) is 8.46. The Morgan fingerprint density at radius 3 is 2.56 bits per heavy atom. The Labute approximate surface area is 151 Å². The molecule has 2 N–H and O–H groups in total. The highest BCUT2D eigenvalue weighted by molar-refractivity contribution is 9.10. The van der Waals surface area contributed by atoms with E-state index in [0.717, 1.165) is 14.7 Å². The van der Waals surface area contributed by atoms with Crippen LogP contribution in [-0.4, -0.2) is 36.4 Å². The van der Waals surface area contributed by atoms with Crippen molar-refractivity contribution in [3.63, 3.8) is 0 Å². The number of nitrogens with zero attached hydrogens (tertiary/aromatic N) is 4. The van der Waals surface area contributed by atoms with E-state index in [1.54, 1.807) is 11.6 Å². The van der Waals surface area contributed by atoms with Crippen LogP contribution in [-0.2, 0) is 20.6 Å². The smallest absolute Gasteiger partial charge is 0.332 e. The van der Waals surface area contributed by atoms with Gasteiger partial charge in [-0.05, 0) is 24.3 Å². The number of fused-ring (bicyclic) bond motifs is 1. The maximum Gasteiger partial charge on any atom is 0.332 e. The summed E-state index contributed by atoms with van der Waals surface area (Å²) in [5.41, 5.74) is 0.633. The van der Waals surface area contributed by atoms with E-state index in [2.05, 4.69) is 26.2 Å². The van der Waals surface area contributed by atoms with E-state index in [1.165, 1.54) is 17.9 Å². The van der Waals surface area contributed by atoms with E-state index in [1.807, 2.05) is 24.3 Å². The monoisotopic (exact) mass is 407 g/mol. The van der Waals surface area contributed by atoms with Crippen LogP contribution in [0.2, 0.25) is 0 Å². The fourth-order valence-electron chi connectivity index (χ4n) is 2.63. The van der Waals surface area contributed by atoms with Crippen LogP contribution >= 0.6 is 15.9 Å². The number of aryl methyl sites for hydroxylation is 1. The normalized spacial score (nSPS) is 12.5. The first-order chi connectivity index (χ1) is 11.9. The highest BCUT2D eigenvalue weighted by Gasteiger charge is 2.16. The summed E-state index contributed by atoms with van der Waals surface area (Å²) in [5.74, 6) is 0. The Hall–Kier alpha value is -2.39. The Morgan fingerprint density at radius 1 is 1.20 bits per heavy atom. The average molecular weight is 408 g/mol. The number of aromatic nitrogens is 4. The number of rotatable bonds is 5. The predicted octanol–water partition coefficient (Wildman–Crippen LogP) is 0.669. The minimum absolute atomic E-state index is 0.188. The van der Waals surface area contributed by atoms with Gasteiger partial charge in [-0.1, -0.05) is 15.9 Å². The average Bonchev–Trinajstić information content (AvgIpc) is 3.01. The maximum absolute atomic E-state index is 12.4. The van der Waals surface area contributed by atoms with Gasteiger partial charge < -0.3 is 15.0 Å². The molecule has 0 bridgehead atoms. The van der Waals surface area contributed by atoms with Crippen LogP contribution in [0.1, 0.15) is 0 Å². The molecule has 9 heteroatoms. The lowest BCUT2D eigenvalue weighted by molar-refractivity contribution is 0.168. The van der Waals surface area contributed by atoms with Gasteiger partial charge in [-0.2, -0.15) is 0 Å². The maximum atomic E-state index is 12.4. The van der Waals surface area contributed by atoms with E-state index < -0.39 is 17.4 Å². The van der Waals surface area contributed by atoms with Crippen LogP contribution in [0.4, 0.5) is 5.69 Å². The van der Waals surface area contributed by atoms with Gasteiger partial charge in [-0.15, -0.1) is 0 Å². The van der Waals surface area contributed by atoms with Crippen LogP contribution in [0.3, 0.4) is 0 Å². The molecule has 0 amide bonds. The first-order valence-electron chi connectivity index (χ1n) is 7.67. The van der Waals surface area contributed by atoms with Gasteiger partial charge in [0, 0.05) is 30.8 Å². The van der Waals surface area contributed by atoms with Crippen molar-refractivity contribution < 1.29 is 5.11 Å². The van der Waals surface area contributed by atoms with Crippen molar-refractivity contribution in [1.29, 1.82) is 0 Å². The first kappa shape index (κ1) is 17.4. The summed E-state index contributed by atoms with van der Waals surface area (Å²) in [6.07, 6.45) is 0.733. The fraction of sp³-hybridized carbons (Fsp3) is 0.312. The van der Waals surface area contributed by atoms with Gasteiger partial charge in [0.1, 0.15) is 0 Å². The Balaban J connectivity index is 1.80. The number of hydrogen-bond acceptors (Lipinski definition) is 5. The number of aliphatic hydroxyl groups is 1. The molecule has 0 saturated carbocycles. The molecule has 132 valence electrons. The standard InChI is InChI=1S/C16H18BrN5O3/c1-20-14-13(15(24)21(2)16(20)25)22(9-19-14)8-12(23)7-18-11-5-3-10(17)4-6-11/h3-6,9,12,18,23H,7-8H2,1-2H3/t12-/m1/s1. The van der Waals surface area contributed by atoms with Crippen molar-refractivity contribution in [3.05, 3.63) is 55.9 Å². The lowest BCUT2D eigenvalue weighted by Crippen LogP contribution is -2.38. The largest absolute Gasteiger partial charge is 0.389 e. The van der Waals surface area contributed by atoms with Gasteiger partial charge in [0.2, 0.25) is 0 Å². The van der Waals surface area contributed by atoms with Gasteiger partial charge in [-0.3, -0.25) is 13.9 Å². The van der Waals surface area contributed by atoms with E-state index in [-0.39, 0.29) is 6.54 Å². The minimum atomic E-state index is -0.733. The van der Waals surface area contributed by atoms with Crippen molar-refractivity contribution in [2.75, 3.05) is 11.9 Å². The van der Waals surface area contributed by atoms with Gasteiger partial charge in [-0.25, -0.2) is 9.78 Å². The number of halogens is 1. The van der Waals surface area contributed by atoms with Crippen LogP contribution in [0.5, 0.6) is 0 Å². The van der Waals surface area contributed by atoms with E-state index in [9.17, 15) is 14.7 Å². The van der Waals surface area contributed by atoms with Crippen LogP contribution in [0, 0.1) is 0 Å². The molecule has 0 aliphatic carbocycles. The third kappa shape index (κ3) is 3.38. The Bertz CT molecular complexity index is 1020. The van der Waals surface area contributed by atoms with Crippen molar-refractivity contribution in [3.8, 4) is 0 Å². The molecule has 1 aromatic carbocycles. The summed E-state index contributed by atoms with van der Waals surface area (Å²) >= 11 is 3.37. The molecule has 0 aliphatic heterocycles. The molecule has 0 fully saturated rings. The molecule has 8 nitrogen and oxygen atoms in total. The highest BCUT2D eigenvalue weighted by Crippen LogP contribution is 2.14. The van der Waals surface area contributed by atoms with Crippen LogP contribution < -0.4 is 16.6 Å². The molecule has 0 radical (unpaired) electrons. The summed E-state index contributed by atoms with van der Waals surface area (Å²) in [6.45, 7) is 0.501. The van der Waals surface area contributed by atoms with Crippen molar-refractivity contribution in [2.24, 2.45) is 14.1 Å². The minimum Gasteiger partial charge on any atom is -0.389 e. The third-order valence-corrected chi connectivity index (χ3v) is 4.54. The number of nitrogens with one attached hydrogen (secondary N) is 1. The molecule has 3 aromatic rings. The summed E-state index contributed by atoms with van der Waals surface area (Å²) in [7, 11) is 2.99. The summed E-state index contributed by atoms with van der Waals surface area (Å²) in [5, 5.41) is 13.4. The number of hydrogen-bond donors (Lipinski definition) is 2. The zero-order valence-corrected chi connectivity index (χ0v) is 15.4. The molecule has 1 atom stereocenters. The zero-order valence-electron chi connectivity index (χ0n) is 13.8. The summed E-state index contributed by atoms with van der Waals surface area (Å²) in [4.78, 5) is 28.4. The molecule has 0 spiro atoms. The van der Waals surface area contributed by atoms with Gasteiger partial charge in [0.15, 0.2) is 11.2 Å². The Kier molecular flexibility index (Phi) is 4.78. The quantitative estimate of drug-likeness (QED) is 0.648. The highest BCUT2D eigenvalue weighted by atomic mass is 79.9. The van der Waals surface area contributed by atoms with Crippen molar-refractivity contribution >= 4 is 32.8 Å². The number of imidazole rings is 1. The molecule has 0 aliphatic rings. The molecular weight excluding hydrogens is 390 g/mol. The zero-order chi connectivity index (χ0) is 18.1. The third-order valence-electron chi connectivity index (χ3n) is 4.01. The SMILES string of the molecule is Cn1c(=O)c2c(ncn2C[C@H](O)CNc2ccc(Br)cc2)n(C)c1=O. The second-order valence-electron chi connectivity index (χ2n) is 5.82. The summed E-state index contributed by atoms with van der Waals surface area (Å²) < 4.78 is 4.91. The molecule has 2 aromatic heterocycles. The lowest BCUT2D eigenvalue weighted by atomic mass is 10.3. The second kappa shape index (κ2) is 6.85. The van der Waals surface area contributed by atoms with Gasteiger partial charge in [0.25, 0.3) is 5.56 Å². The molecule has 3 rings (SSSR count). The Morgan fingerprint density at radius 2 is 1.88 bits per heavy atom. The molecular formula is C16H18BrN5O3. The molecule has 25 heavy (non-hydrogen) atoms. The lowest BCUT2D eigenvalue weighted by Gasteiger charge is -2.14. The van der Waals surface area contributed by atoms with Gasteiger partial charge >= 0.3 is 5.69 Å². The van der Waals surface area contributed by atoms with E-state index in [0.29, 0.717) is 17.7 Å². The molecule has 0 saturated heterocycles. The number of anilines is 1.